The number of hydrogen-bond acceptors (Lipinski definition) is 4. The van der Waals surface area contributed by atoms with E-state index in [4.69, 9.17) is 5.11 Å². The summed E-state index contributed by atoms with van der Waals surface area (Å²) in [6, 6.07) is 6.64. The highest BCUT2D eigenvalue weighted by Gasteiger charge is 2.28. The van der Waals surface area contributed by atoms with Crippen molar-refractivity contribution in [2.75, 3.05) is 23.1 Å². The van der Waals surface area contributed by atoms with Gasteiger partial charge in [0.15, 0.2) is 0 Å². The number of carbonyl (C=O) groups excluding carboxylic acids is 1. The van der Waals surface area contributed by atoms with Gasteiger partial charge in [-0.1, -0.05) is 18.9 Å². The van der Waals surface area contributed by atoms with Crippen LogP contribution in [0.1, 0.15) is 48.9 Å². The summed E-state index contributed by atoms with van der Waals surface area (Å²) < 4.78 is 25.3. The SMILES string of the molecule is O=C(O)CCCCCCNC(=O)c1cccc(N2CCCS2(=O)=O)c1. The number of rotatable bonds is 9. The molecule has 0 radical (unpaired) electrons. The predicted molar refractivity (Wildman–Crippen MR) is 95.2 cm³/mol. The molecule has 7 nitrogen and oxygen atoms in total. The van der Waals surface area contributed by atoms with Gasteiger partial charge in [-0.2, -0.15) is 0 Å². The molecule has 1 fully saturated rings. The van der Waals surface area contributed by atoms with E-state index in [-0.39, 0.29) is 18.1 Å². The Hall–Kier alpha value is -2.09. The fourth-order valence-corrected chi connectivity index (χ4v) is 4.35. The average molecular weight is 368 g/mol. The highest BCUT2D eigenvalue weighted by molar-refractivity contribution is 7.93. The van der Waals surface area contributed by atoms with Gasteiger partial charge in [-0.15, -0.1) is 0 Å². The van der Waals surface area contributed by atoms with Crippen LogP contribution in [0, 0.1) is 0 Å². The molecule has 0 aromatic heterocycles. The Balaban J connectivity index is 1.80. The van der Waals surface area contributed by atoms with Gasteiger partial charge in [-0.05, 0) is 37.5 Å². The Morgan fingerprint density at radius 1 is 1.16 bits per heavy atom. The number of nitrogens with one attached hydrogen (secondary N) is 1. The molecule has 138 valence electrons. The molecule has 1 saturated heterocycles. The molecule has 1 aromatic carbocycles. The normalized spacial score (nSPS) is 15.9. The van der Waals surface area contributed by atoms with E-state index >= 15 is 0 Å². The highest BCUT2D eigenvalue weighted by atomic mass is 32.2. The first kappa shape index (κ1) is 19.2. The first-order chi connectivity index (χ1) is 11.9. The van der Waals surface area contributed by atoms with Crippen LogP contribution in [0.4, 0.5) is 5.69 Å². The van der Waals surface area contributed by atoms with Gasteiger partial charge >= 0.3 is 5.97 Å². The topological polar surface area (TPSA) is 104 Å². The lowest BCUT2D eigenvalue weighted by Gasteiger charge is -2.17. The number of benzene rings is 1. The van der Waals surface area contributed by atoms with Gasteiger partial charge in [0.2, 0.25) is 10.0 Å². The van der Waals surface area contributed by atoms with Crippen LogP contribution < -0.4 is 9.62 Å². The van der Waals surface area contributed by atoms with Crippen LogP contribution in [-0.2, 0) is 14.8 Å². The van der Waals surface area contributed by atoms with E-state index in [0.717, 1.165) is 19.3 Å². The Morgan fingerprint density at radius 3 is 2.60 bits per heavy atom. The van der Waals surface area contributed by atoms with Crippen LogP contribution in [0.2, 0.25) is 0 Å². The third kappa shape index (κ3) is 5.74. The minimum absolute atomic E-state index is 0.144. The molecule has 1 aromatic rings. The summed E-state index contributed by atoms with van der Waals surface area (Å²) in [5.74, 6) is -0.872. The number of nitrogens with zero attached hydrogens (tertiary/aromatic N) is 1. The second-order valence-corrected chi connectivity index (χ2v) is 8.12. The fraction of sp³-hybridized carbons (Fsp3) is 0.529. The monoisotopic (exact) mass is 368 g/mol. The minimum Gasteiger partial charge on any atom is -0.481 e. The van der Waals surface area contributed by atoms with E-state index in [2.05, 4.69) is 5.32 Å². The number of carboxylic acids is 1. The molecule has 0 atom stereocenters. The number of carbonyl (C=O) groups is 2. The van der Waals surface area contributed by atoms with Gasteiger partial charge in [0, 0.05) is 25.1 Å². The number of aliphatic carboxylic acids is 1. The molecular weight excluding hydrogens is 344 g/mol. The maximum absolute atomic E-state index is 12.2. The van der Waals surface area contributed by atoms with E-state index < -0.39 is 16.0 Å². The summed E-state index contributed by atoms with van der Waals surface area (Å²) in [4.78, 5) is 22.6. The molecular formula is C17H24N2O5S. The summed E-state index contributed by atoms with van der Waals surface area (Å²) in [5.41, 5.74) is 0.962. The summed E-state index contributed by atoms with van der Waals surface area (Å²) in [6.45, 7) is 0.960. The van der Waals surface area contributed by atoms with Crippen molar-refractivity contribution in [2.45, 2.75) is 38.5 Å². The summed E-state index contributed by atoms with van der Waals surface area (Å²) in [5, 5.41) is 11.4. The minimum atomic E-state index is -3.26. The van der Waals surface area contributed by atoms with Crippen LogP contribution in [0.5, 0.6) is 0 Å². The third-order valence-electron chi connectivity index (χ3n) is 4.10. The maximum atomic E-state index is 12.2. The Labute approximate surface area is 148 Å². The first-order valence-corrected chi connectivity index (χ1v) is 10.1. The molecule has 0 saturated carbocycles. The van der Waals surface area contributed by atoms with Crippen LogP contribution in [0.25, 0.3) is 0 Å². The zero-order chi connectivity index (χ0) is 18.3. The fourth-order valence-electron chi connectivity index (χ4n) is 2.79. The standard InChI is InChI=1S/C17H24N2O5S/c20-16(21)9-3-1-2-4-10-18-17(22)14-7-5-8-15(13-14)19-11-6-12-25(19,23)24/h5,7-8,13H,1-4,6,9-12H2,(H,18,22)(H,20,21). The number of amides is 1. The number of hydrogen-bond donors (Lipinski definition) is 2. The van der Waals surface area contributed by atoms with E-state index in [1.54, 1.807) is 24.3 Å². The first-order valence-electron chi connectivity index (χ1n) is 8.50. The molecule has 0 spiro atoms. The second kappa shape index (κ2) is 8.84. The average Bonchev–Trinajstić information content (AvgIpc) is 2.93. The molecule has 2 N–H and O–H groups in total. The maximum Gasteiger partial charge on any atom is 0.303 e. The quantitative estimate of drug-likeness (QED) is 0.649. The number of sulfonamides is 1. The van der Waals surface area contributed by atoms with Crippen molar-refractivity contribution in [1.82, 2.24) is 5.32 Å². The number of unbranched alkanes of at least 4 members (excludes halogenated alkanes) is 3. The lowest BCUT2D eigenvalue weighted by atomic mass is 10.1. The van der Waals surface area contributed by atoms with Gasteiger partial charge < -0.3 is 10.4 Å². The van der Waals surface area contributed by atoms with E-state index in [0.29, 0.717) is 37.2 Å². The van der Waals surface area contributed by atoms with Crippen LogP contribution in [-0.4, -0.2) is 44.2 Å². The van der Waals surface area contributed by atoms with E-state index in [9.17, 15) is 18.0 Å². The highest BCUT2D eigenvalue weighted by Crippen LogP contribution is 2.24. The van der Waals surface area contributed by atoms with Gasteiger partial charge in [0.25, 0.3) is 5.91 Å². The Kier molecular flexibility index (Phi) is 6.81. The van der Waals surface area contributed by atoms with Crippen molar-refractivity contribution in [3.8, 4) is 0 Å². The predicted octanol–water partition coefficient (Wildman–Crippen LogP) is 1.99. The molecule has 1 aliphatic heterocycles. The van der Waals surface area contributed by atoms with E-state index in [1.165, 1.54) is 4.31 Å². The lowest BCUT2D eigenvalue weighted by Crippen LogP contribution is -2.27. The molecule has 0 bridgehead atoms. The zero-order valence-electron chi connectivity index (χ0n) is 14.1. The second-order valence-electron chi connectivity index (χ2n) is 6.11. The Morgan fingerprint density at radius 2 is 1.92 bits per heavy atom. The molecule has 1 heterocycles. The van der Waals surface area contributed by atoms with E-state index in [1.807, 2.05) is 0 Å². The van der Waals surface area contributed by atoms with Gasteiger partial charge in [0.05, 0.1) is 11.4 Å². The van der Waals surface area contributed by atoms with Crippen molar-refractivity contribution in [3.63, 3.8) is 0 Å². The molecule has 2 rings (SSSR count). The van der Waals surface area contributed by atoms with Crippen molar-refractivity contribution in [2.24, 2.45) is 0 Å². The summed E-state index contributed by atoms with van der Waals surface area (Å²) >= 11 is 0. The molecule has 1 amide bonds. The molecule has 25 heavy (non-hydrogen) atoms. The smallest absolute Gasteiger partial charge is 0.303 e. The van der Waals surface area contributed by atoms with Gasteiger partial charge in [-0.25, -0.2) is 8.42 Å². The third-order valence-corrected chi connectivity index (χ3v) is 5.97. The van der Waals surface area contributed by atoms with Crippen molar-refractivity contribution in [3.05, 3.63) is 29.8 Å². The lowest BCUT2D eigenvalue weighted by molar-refractivity contribution is -0.137. The zero-order valence-corrected chi connectivity index (χ0v) is 14.9. The largest absolute Gasteiger partial charge is 0.481 e. The number of anilines is 1. The summed E-state index contributed by atoms with van der Waals surface area (Å²) in [6.07, 6.45) is 3.89. The van der Waals surface area contributed by atoms with Crippen LogP contribution in [0.15, 0.2) is 24.3 Å². The van der Waals surface area contributed by atoms with Crippen molar-refractivity contribution >= 4 is 27.6 Å². The van der Waals surface area contributed by atoms with Crippen LogP contribution >= 0.6 is 0 Å². The van der Waals surface area contributed by atoms with Gasteiger partial charge in [0.1, 0.15) is 0 Å². The van der Waals surface area contributed by atoms with Crippen LogP contribution in [0.3, 0.4) is 0 Å². The molecule has 8 heteroatoms. The molecule has 0 aliphatic carbocycles. The van der Waals surface area contributed by atoms with Crippen molar-refractivity contribution in [1.29, 1.82) is 0 Å². The van der Waals surface area contributed by atoms with Crippen molar-refractivity contribution < 1.29 is 23.1 Å². The summed E-state index contributed by atoms with van der Waals surface area (Å²) in [7, 11) is -3.26. The molecule has 1 aliphatic rings. The number of carboxylic acid groups (broad SMARTS) is 1. The van der Waals surface area contributed by atoms with Gasteiger partial charge in [-0.3, -0.25) is 13.9 Å². The molecule has 0 unspecified atom stereocenters. The Bertz CT molecular complexity index is 718.